The van der Waals surface area contributed by atoms with Crippen molar-refractivity contribution in [1.29, 1.82) is 0 Å². The van der Waals surface area contributed by atoms with Gasteiger partial charge in [-0.3, -0.25) is 4.79 Å². The van der Waals surface area contributed by atoms with Gasteiger partial charge in [-0.2, -0.15) is 0 Å². The Labute approximate surface area is 91.0 Å². The fourth-order valence-electron chi connectivity index (χ4n) is 1.53. The molecular formula is C11H21NO3. The Hall–Kier alpha value is -0.610. The molecule has 1 fully saturated rings. The standard InChI is InChI=1S/C11H21NO3/c1-8(2)10(13)6-12-11(14)9-4-3-5-15-7-9/h8-10,13H,3-7H2,1-2H3,(H,12,14). The first-order valence-corrected chi connectivity index (χ1v) is 5.64. The molecule has 0 aromatic carbocycles. The molecule has 1 rings (SSSR count). The summed E-state index contributed by atoms with van der Waals surface area (Å²) in [5.41, 5.74) is 0. The summed E-state index contributed by atoms with van der Waals surface area (Å²) in [7, 11) is 0. The van der Waals surface area contributed by atoms with Crippen LogP contribution in [0.25, 0.3) is 0 Å². The minimum atomic E-state index is -0.460. The first-order chi connectivity index (χ1) is 7.11. The summed E-state index contributed by atoms with van der Waals surface area (Å²) in [4.78, 5) is 11.6. The quantitative estimate of drug-likeness (QED) is 0.720. The van der Waals surface area contributed by atoms with Crippen molar-refractivity contribution in [3.8, 4) is 0 Å². The van der Waals surface area contributed by atoms with E-state index in [1.54, 1.807) is 0 Å². The van der Waals surface area contributed by atoms with Gasteiger partial charge in [0.1, 0.15) is 0 Å². The van der Waals surface area contributed by atoms with Crippen molar-refractivity contribution in [2.75, 3.05) is 19.8 Å². The van der Waals surface area contributed by atoms with Crippen LogP contribution in [-0.4, -0.2) is 36.9 Å². The molecule has 0 bridgehead atoms. The Balaban J connectivity index is 2.22. The van der Waals surface area contributed by atoms with Crippen molar-refractivity contribution in [2.45, 2.75) is 32.8 Å². The van der Waals surface area contributed by atoms with Crippen LogP contribution in [0, 0.1) is 11.8 Å². The van der Waals surface area contributed by atoms with E-state index >= 15 is 0 Å². The molecule has 2 unspecified atom stereocenters. The average Bonchev–Trinajstić information content (AvgIpc) is 2.26. The summed E-state index contributed by atoms with van der Waals surface area (Å²) < 4.78 is 5.23. The Morgan fingerprint density at radius 3 is 2.87 bits per heavy atom. The van der Waals surface area contributed by atoms with Crippen LogP contribution in [-0.2, 0) is 9.53 Å². The van der Waals surface area contributed by atoms with E-state index in [2.05, 4.69) is 5.32 Å². The number of hydrogen-bond donors (Lipinski definition) is 2. The lowest BCUT2D eigenvalue weighted by Gasteiger charge is -2.22. The highest BCUT2D eigenvalue weighted by Gasteiger charge is 2.22. The molecule has 1 aliphatic heterocycles. The third kappa shape index (κ3) is 4.18. The molecule has 0 saturated carbocycles. The lowest BCUT2D eigenvalue weighted by Crippen LogP contribution is -2.40. The minimum Gasteiger partial charge on any atom is -0.391 e. The van der Waals surface area contributed by atoms with Crippen molar-refractivity contribution >= 4 is 5.91 Å². The van der Waals surface area contributed by atoms with Crippen molar-refractivity contribution < 1.29 is 14.6 Å². The second-order valence-corrected chi connectivity index (χ2v) is 4.47. The zero-order valence-electron chi connectivity index (χ0n) is 9.53. The highest BCUT2D eigenvalue weighted by molar-refractivity contribution is 5.78. The number of aliphatic hydroxyl groups is 1. The molecule has 1 aliphatic rings. The summed E-state index contributed by atoms with van der Waals surface area (Å²) in [5, 5.41) is 12.3. The predicted octanol–water partition coefficient (Wildman–Crippen LogP) is 0.546. The molecule has 15 heavy (non-hydrogen) atoms. The molecule has 0 aromatic rings. The zero-order chi connectivity index (χ0) is 11.3. The molecule has 0 spiro atoms. The summed E-state index contributed by atoms with van der Waals surface area (Å²) in [6.07, 6.45) is 1.38. The molecule has 4 nitrogen and oxygen atoms in total. The van der Waals surface area contributed by atoms with E-state index < -0.39 is 6.10 Å². The molecule has 4 heteroatoms. The van der Waals surface area contributed by atoms with E-state index in [0.717, 1.165) is 19.4 Å². The Morgan fingerprint density at radius 1 is 1.60 bits per heavy atom. The van der Waals surface area contributed by atoms with Gasteiger partial charge in [0.05, 0.1) is 18.6 Å². The molecule has 2 atom stereocenters. The molecule has 88 valence electrons. The number of carbonyl (C=O) groups is 1. The Morgan fingerprint density at radius 2 is 2.33 bits per heavy atom. The van der Waals surface area contributed by atoms with Gasteiger partial charge >= 0.3 is 0 Å². The molecule has 1 amide bonds. The molecule has 1 saturated heterocycles. The smallest absolute Gasteiger partial charge is 0.225 e. The SMILES string of the molecule is CC(C)C(O)CNC(=O)C1CCCOC1. The first kappa shape index (κ1) is 12.5. The maximum atomic E-state index is 11.6. The van der Waals surface area contributed by atoms with E-state index in [4.69, 9.17) is 4.74 Å². The number of hydrogen-bond acceptors (Lipinski definition) is 3. The molecule has 0 aromatic heterocycles. The molecule has 0 aliphatic carbocycles. The van der Waals surface area contributed by atoms with Crippen LogP contribution >= 0.6 is 0 Å². The largest absolute Gasteiger partial charge is 0.391 e. The van der Waals surface area contributed by atoms with Crippen LogP contribution in [0.4, 0.5) is 0 Å². The van der Waals surface area contributed by atoms with Crippen molar-refractivity contribution in [3.63, 3.8) is 0 Å². The van der Waals surface area contributed by atoms with Gasteiger partial charge in [-0.15, -0.1) is 0 Å². The summed E-state index contributed by atoms with van der Waals surface area (Å²) >= 11 is 0. The maximum Gasteiger partial charge on any atom is 0.225 e. The number of amides is 1. The van der Waals surface area contributed by atoms with Crippen LogP contribution in [0.3, 0.4) is 0 Å². The summed E-state index contributed by atoms with van der Waals surface area (Å²) in [5.74, 6) is 0.153. The monoisotopic (exact) mass is 215 g/mol. The lowest BCUT2D eigenvalue weighted by atomic mass is 10.0. The fourth-order valence-corrected chi connectivity index (χ4v) is 1.53. The highest BCUT2D eigenvalue weighted by atomic mass is 16.5. The van der Waals surface area contributed by atoms with Gasteiger partial charge in [-0.05, 0) is 18.8 Å². The van der Waals surface area contributed by atoms with Gasteiger partial charge in [-0.1, -0.05) is 13.8 Å². The average molecular weight is 215 g/mol. The second kappa shape index (κ2) is 6.08. The van der Waals surface area contributed by atoms with Crippen LogP contribution in [0.1, 0.15) is 26.7 Å². The summed E-state index contributed by atoms with van der Waals surface area (Å²) in [6.45, 7) is 5.48. The summed E-state index contributed by atoms with van der Waals surface area (Å²) in [6, 6.07) is 0. The van der Waals surface area contributed by atoms with Gasteiger partial charge in [0, 0.05) is 13.2 Å². The number of ether oxygens (including phenoxy) is 1. The van der Waals surface area contributed by atoms with Gasteiger partial charge < -0.3 is 15.2 Å². The first-order valence-electron chi connectivity index (χ1n) is 5.64. The zero-order valence-corrected chi connectivity index (χ0v) is 9.53. The molecule has 2 N–H and O–H groups in total. The van der Waals surface area contributed by atoms with Crippen LogP contribution in [0.5, 0.6) is 0 Å². The minimum absolute atomic E-state index is 0.00870. The van der Waals surface area contributed by atoms with Crippen LogP contribution in [0.15, 0.2) is 0 Å². The fraction of sp³-hybridized carbons (Fsp3) is 0.909. The maximum absolute atomic E-state index is 11.6. The Bertz CT molecular complexity index is 200. The Kier molecular flexibility index (Phi) is 5.05. The van der Waals surface area contributed by atoms with E-state index in [0.29, 0.717) is 13.2 Å². The van der Waals surface area contributed by atoms with Crippen molar-refractivity contribution in [1.82, 2.24) is 5.32 Å². The topological polar surface area (TPSA) is 58.6 Å². The third-order valence-electron chi connectivity index (χ3n) is 2.79. The van der Waals surface area contributed by atoms with Gasteiger partial charge in [0.25, 0.3) is 0 Å². The molecular weight excluding hydrogens is 194 g/mol. The van der Waals surface area contributed by atoms with E-state index in [-0.39, 0.29) is 17.7 Å². The normalized spacial score (nSPS) is 23.9. The molecule has 0 radical (unpaired) electrons. The molecule has 1 heterocycles. The van der Waals surface area contributed by atoms with E-state index in [1.807, 2.05) is 13.8 Å². The van der Waals surface area contributed by atoms with Gasteiger partial charge in [-0.25, -0.2) is 0 Å². The van der Waals surface area contributed by atoms with Crippen molar-refractivity contribution in [3.05, 3.63) is 0 Å². The van der Waals surface area contributed by atoms with E-state index in [9.17, 15) is 9.90 Å². The number of aliphatic hydroxyl groups excluding tert-OH is 1. The second-order valence-electron chi connectivity index (χ2n) is 4.47. The van der Waals surface area contributed by atoms with Gasteiger partial charge in [0.2, 0.25) is 5.91 Å². The van der Waals surface area contributed by atoms with Crippen LogP contribution < -0.4 is 5.32 Å². The number of rotatable bonds is 4. The van der Waals surface area contributed by atoms with Crippen LogP contribution in [0.2, 0.25) is 0 Å². The predicted molar refractivity (Wildman–Crippen MR) is 57.4 cm³/mol. The lowest BCUT2D eigenvalue weighted by molar-refractivity contribution is -0.129. The van der Waals surface area contributed by atoms with E-state index in [1.165, 1.54) is 0 Å². The number of nitrogens with one attached hydrogen (secondary N) is 1. The van der Waals surface area contributed by atoms with Gasteiger partial charge in [0.15, 0.2) is 0 Å². The third-order valence-corrected chi connectivity index (χ3v) is 2.79. The number of carbonyl (C=O) groups excluding carboxylic acids is 1. The highest BCUT2D eigenvalue weighted by Crippen LogP contribution is 2.13. The van der Waals surface area contributed by atoms with Crippen molar-refractivity contribution in [2.24, 2.45) is 11.8 Å².